The maximum atomic E-state index is 14.4. The minimum absolute atomic E-state index is 0.555. The Kier molecular flexibility index (Phi) is 8.79. The Bertz CT molecular complexity index is 1120. The molecule has 2 atom stereocenters. The highest BCUT2D eigenvalue weighted by molar-refractivity contribution is 6.00. The van der Waals surface area contributed by atoms with Crippen molar-refractivity contribution < 1.29 is 28.7 Å². The quantitative estimate of drug-likeness (QED) is 0.249. The van der Waals surface area contributed by atoms with E-state index >= 15 is 0 Å². The highest BCUT2D eigenvalue weighted by Gasteiger charge is 2.47. The zero-order valence-electron chi connectivity index (χ0n) is 20.9. The molecule has 0 saturated heterocycles. The zero-order valence-corrected chi connectivity index (χ0v) is 20.9. The molecule has 0 aliphatic carbocycles. The summed E-state index contributed by atoms with van der Waals surface area (Å²) in [5, 5.41) is 2.76. The maximum absolute atomic E-state index is 14.4. The van der Waals surface area contributed by atoms with Crippen LogP contribution in [0.1, 0.15) is 23.6 Å². The number of amides is 2. The van der Waals surface area contributed by atoms with Gasteiger partial charge in [0, 0.05) is 5.92 Å². The summed E-state index contributed by atoms with van der Waals surface area (Å²) in [5.74, 6) is -5.82. The average molecular weight is 503 g/mol. The number of benzene rings is 3. The first kappa shape index (κ1) is 27.1. The fraction of sp³-hybridized carbons (Fsp3) is 0.241. The van der Waals surface area contributed by atoms with Crippen LogP contribution in [-0.2, 0) is 34.1 Å². The number of nitrogens with two attached hydrogens (primary N) is 1. The van der Waals surface area contributed by atoms with Crippen LogP contribution >= 0.6 is 0 Å². The number of hydrogen-bond donors (Lipinski definition) is 2. The van der Waals surface area contributed by atoms with Gasteiger partial charge in [0.25, 0.3) is 0 Å². The number of carbonyl (C=O) groups is 4. The Morgan fingerprint density at radius 3 is 1.35 bits per heavy atom. The van der Waals surface area contributed by atoms with E-state index < -0.39 is 47.0 Å². The van der Waals surface area contributed by atoms with Crippen LogP contribution in [0.3, 0.4) is 0 Å². The van der Waals surface area contributed by atoms with Crippen molar-refractivity contribution in [2.45, 2.75) is 18.4 Å². The Hall–Kier alpha value is -4.46. The second-order valence-corrected chi connectivity index (χ2v) is 8.58. The lowest BCUT2D eigenvalue weighted by molar-refractivity contribution is -0.162. The summed E-state index contributed by atoms with van der Waals surface area (Å²) in [6, 6.07) is 26.0. The Morgan fingerprint density at radius 1 is 0.703 bits per heavy atom. The van der Waals surface area contributed by atoms with Gasteiger partial charge in [-0.3, -0.25) is 19.2 Å². The molecule has 2 amide bonds. The van der Waals surface area contributed by atoms with Gasteiger partial charge < -0.3 is 20.5 Å². The van der Waals surface area contributed by atoms with E-state index in [4.69, 9.17) is 15.2 Å². The fourth-order valence-corrected chi connectivity index (χ4v) is 4.64. The Labute approximate surface area is 215 Å². The molecule has 3 rings (SSSR count). The minimum atomic E-state index is -1.48. The predicted octanol–water partition coefficient (Wildman–Crippen LogP) is 2.59. The largest absolute Gasteiger partial charge is 0.468 e. The molecule has 3 aromatic rings. The molecular formula is C29H30N2O6. The third-order valence-corrected chi connectivity index (χ3v) is 6.52. The molecule has 3 N–H and O–H groups in total. The minimum Gasteiger partial charge on any atom is -0.468 e. The highest BCUT2D eigenvalue weighted by Crippen LogP contribution is 2.40. The number of primary amides is 1. The first-order valence-electron chi connectivity index (χ1n) is 11.7. The molecule has 0 unspecified atom stereocenters. The molecule has 0 aromatic heterocycles. The van der Waals surface area contributed by atoms with Gasteiger partial charge >= 0.3 is 11.9 Å². The fourth-order valence-electron chi connectivity index (χ4n) is 4.64. The summed E-state index contributed by atoms with van der Waals surface area (Å²) in [7, 11) is 2.24. The van der Waals surface area contributed by atoms with Crippen molar-refractivity contribution in [2.24, 2.45) is 17.6 Å². The lowest BCUT2D eigenvalue weighted by Crippen LogP contribution is -2.57. The average Bonchev–Trinajstić information content (AvgIpc) is 2.93. The number of nitrogens with one attached hydrogen (secondary N) is 1. The van der Waals surface area contributed by atoms with Gasteiger partial charge in [-0.1, -0.05) is 97.9 Å². The van der Waals surface area contributed by atoms with Gasteiger partial charge in [0.05, 0.1) is 14.2 Å². The number of hydrogen-bond acceptors (Lipinski definition) is 6. The molecular weight excluding hydrogens is 472 g/mol. The van der Waals surface area contributed by atoms with Crippen LogP contribution in [0.2, 0.25) is 0 Å². The lowest BCUT2D eigenvalue weighted by atomic mass is 9.68. The third kappa shape index (κ3) is 5.38. The molecule has 37 heavy (non-hydrogen) atoms. The molecule has 0 aliphatic heterocycles. The summed E-state index contributed by atoms with van der Waals surface area (Å²) < 4.78 is 9.52. The van der Waals surface area contributed by atoms with Crippen LogP contribution in [0.4, 0.5) is 0 Å². The van der Waals surface area contributed by atoms with Crippen LogP contribution in [0.15, 0.2) is 91.0 Å². The summed E-state index contributed by atoms with van der Waals surface area (Å²) in [4.78, 5) is 52.0. The van der Waals surface area contributed by atoms with Crippen molar-refractivity contribution in [3.8, 4) is 0 Å². The molecule has 192 valence electrons. The van der Waals surface area contributed by atoms with E-state index in [2.05, 4.69) is 5.32 Å². The van der Waals surface area contributed by atoms with Gasteiger partial charge in [0.15, 0.2) is 5.92 Å². The molecule has 8 nitrogen and oxygen atoms in total. The van der Waals surface area contributed by atoms with Crippen LogP contribution in [-0.4, -0.2) is 44.0 Å². The van der Waals surface area contributed by atoms with Crippen molar-refractivity contribution in [1.82, 2.24) is 5.32 Å². The lowest BCUT2D eigenvalue weighted by Gasteiger charge is -2.37. The van der Waals surface area contributed by atoms with E-state index in [-0.39, 0.29) is 0 Å². The van der Waals surface area contributed by atoms with Gasteiger partial charge in [0.2, 0.25) is 11.8 Å². The molecule has 8 heteroatoms. The van der Waals surface area contributed by atoms with Crippen LogP contribution in [0.25, 0.3) is 0 Å². The molecule has 0 aliphatic rings. The van der Waals surface area contributed by atoms with Crippen LogP contribution < -0.4 is 11.1 Å². The second kappa shape index (κ2) is 12.0. The predicted molar refractivity (Wildman–Crippen MR) is 137 cm³/mol. The van der Waals surface area contributed by atoms with Gasteiger partial charge in [-0.2, -0.15) is 0 Å². The van der Waals surface area contributed by atoms with E-state index in [9.17, 15) is 19.2 Å². The first-order chi connectivity index (χ1) is 17.8. The summed E-state index contributed by atoms with van der Waals surface area (Å²) in [5.41, 5.74) is 6.28. The van der Waals surface area contributed by atoms with Crippen molar-refractivity contribution in [1.29, 1.82) is 0 Å². The summed E-state index contributed by atoms with van der Waals surface area (Å²) >= 11 is 0. The Morgan fingerprint density at radius 2 is 1.05 bits per heavy atom. The smallest absolute Gasteiger partial charge is 0.320 e. The summed E-state index contributed by atoms with van der Waals surface area (Å²) in [6.45, 7) is 1.46. The number of carbonyl (C=O) groups excluding carboxylic acids is 4. The zero-order chi connectivity index (χ0) is 27.0. The number of methoxy groups -OCH3 is 2. The summed E-state index contributed by atoms with van der Waals surface area (Å²) in [6.07, 6.45) is 0. The molecule has 0 saturated carbocycles. The number of esters is 2. The first-order valence-corrected chi connectivity index (χ1v) is 11.7. The van der Waals surface area contributed by atoms with Crippen LogP contribution in [0, 0.1) is 11.8 Å². The molecule has 0 heterocycles. The standard InChI is InChI=1S/C29H30N2O6/c1-19(23(26(33)36-2)27(34)37-3)24(25(30)32)31-28(35)29(20-13-7-4-8-14-20,21-15-9-5-10-16-21)22-17-11-6-12-18-22/h4-19,23-24H,1-3H3,(H2,30,32)(H,31,35)/t19-,24+/m0/s1. The van der Waals surface area contributed by atoms with E-state index in [0.29, 0.717) is 16.7 Å². The molecule has 0 bridgehead atoms. The third-order valence-electron chi connectivity index (χ3n) is 6.52. The van der Waals surface area contributed by atoms with Gasteiger partial charge in [-0.25, -0.2) is 0 Å². The van der Waals surface area contributed by atoms with Gasteiger partial charge in [0.1, 0.15) is 11.5 Å². The maximum Gasteiger partial charge on any atom is 0.320 e. The van der Waals surface area contributed by atoms with Crippen molar-refractivity contribution in [2.75, 3.05) is 14.2 Å². The highest BCUT2D eigenvalue weighted by atomic mass is 16.5. The molecule has 3 aromatic carbocycles. The second-order valence-electron chi connectivity index (χ2n) is 8.58. The molecule has 0 radical (unpaired) electrons. The van der Waals surface area contributed by atoms with Crippen molar-refractivity contribution in [3.05, 3.63) is 108 Å². The topological polar surface area (TPSA) is 125 Å². The van der Waals surface area contributed by atoms with Crippen molar-refractivity contribution >= 4 is 23.8 Å². The number of rotatable bonds is 10. The van der Waals surface area contributed by atoms with Crippen molar-refractivity contribution in [3.63, 3.8) is 0 Å². The normalized spacial score (nSPS) is 12.8. The van der Waals surface area contributed by atoms with Crippen LogP contribution in [0.5, 0.6) is 0 Å². The van der Waals surface area contributed by atoms with E-state index in [1.165, 1.54) is 6.92 Å². The monoisotopic (exact) mass is 502 g/mol. The SMILES string of the molecule is COC(=O)C(C(=O)OC)[C@H](C)[C@@H](NC(=O)C(c1ccccc1)(c1ccccc1)c1ccccc1)C(N)=O. The van der Waals surface area contributed by atoms with E-state index in [1.807, 2.05) is 91.0 Å². The molecule has 0 fully saturated rings. The van der Waals surface area contributed by atoms with Gasteiger partial charge in [-0.05, 0) is 16.7 Å². The van der Waals surface area contributed by atoms with E-state index in [0.717, 1.165) is 14.2 Å². The van der Waals surface area contributed by atoms with E-state index in [1.54, 1.807) is 0 Å². The number of ether oxygens (including phenoxy) is 2. The van der Waals surface area contributed by atoms with Gasteiger partial charge in [-0.15, -0.1) is 0 Å². The molecule has 0 spiro atoms. The Balaban J connectivity index is 2.20.